The van der Waals surface area contributed by atoms with Crippen LogP contribution in [-0.2, 0) is 14.3 Å². The molecule has 0 aliphatic carbocycles. The van der Waals surface area contributed by atoms with E-state index in [2.05, 4.69) is 27.9 Å². The number of carbonyl (C=O) groups excluding carboxylic acids is 2. The van der Waals surface area contributed by atoms with Crippen molar-refractivity contribution in [1.82, 2.24) is 4.90 Å². The van der Waals surface area contributed by atoms with E-state index in [4.69, 9.17) is 21.4 Å². The minimum atomic E-state index is -0.569. The minimum absolute atomic E-state index is 0.110. The van der Waals surface area contributed by atoms with E-state index in [0.717, 1.165) is 3.57 Å². The van der Waals surface area contributed by atoms with Crippen LogP contribution in [0.1, 0.15) is 0 Å². The number of nitrogens with one attached hydrogen (secondary N) is 1. The number of anilines is 1. The highest BCUT2D eigenvalue weighted by Gasteiger charge is 2.34. The van der Waals surface area contributed by atoms with Gasteiger partial charge in [0.1, 0.15) is 5.70 Å². The molecule has 0 unspecified atom stereocenters. The summed E-state index contributed by atoms with van der Waals surface area (Å²) in [5, 5.41) is 12.6. The number of benzene rings is 1. The maximum Gasteiger partial charge on any atom is 0.337 e. The molecule has 0 aromatic heterocycles. The first kappa shape index (κ1) is 17.0. The Balaban J connectivity index is 2.34. The van der Waals surface area contributed by atoms with Gasteiger partial charge < -0.3 is 20.1 Å². The quantitative estimate of drug-likeness (QED) is 0.542. The van der Waals surface area contributed by atoms with Crippen LogP contribution in [-0.4, -0.2) is 48.7 Å². The summed E-state index contributed by atoms with van der Waals surface area (Å²) in [6.07, 6.45) is 0. The number of ether oxygens (including phenoxy) is 1. The third kappa shape index (κ3) is 3.53. The van der Waals surface area contributed by atoms with Crippen LogP contribution < -0.4 is 5.32 Å². The molecule has 1 aliphatic heterocycles. The summed E-state index contributed by atoms with van der Waals surface area (Å²) in [5.74, 6) is -0.916. The predicted molar refractivity (Wildman–Crippen MR) is 90.5 cm³/mol. The van der Waals surface area contributed by atoms with Crippen molar-refractivity contribution in [3.05, 3.63) is 38.1 Å². The molecule has 1 heterocycles. The molecule has 0 radical (unpaired) electrons. The van der Waals surface area contributed by atoms with Crippen LogP contribution in [0.2, 0.25) is 5.02 Å². The Morgan fingerprint density at radius 1 is 1.55 bits per heavy atom. The van der Waals surface area contributed by atoms with Gasteiger partial charge in [-0.25, -0.2) is 4.79 Å². The lowest BCUT2D eigenvalue weighted by atomic mass is 10.2. The zero-order valence-corrected chi connectivity index (χ0v) is 14.6. The van der Waals surface area contributed by atoms with Crippen molar-refractivity contribution in [2.75, 3.05) is 32.1 Å². The first-order valence-electron chi connectivity index (χ1n) is 6.41. The number of nitrogens with zero attached hydrogens (tertiary/aromatic N) is 1. The monoisotopic (exact) mass is 436 g/mol. The second-order valence-electron chi connectivity index (χ2n) is 4.54. The zero-order valence-electron chi connectivity index (χ0n) is 11.7. The van der Waals surface area contributed by atoms with Gasteiger partial charge in [-0.2, -0.15) is 0 Å². The SMILES string of the molecule is COC(=O)C1=C(Nc2ccc(Cl)cc2I)C(=O)N(CCO)C1. The van der Waals surface area contributed by atoms with E-state index in [0.29, 0.717) is 10.7 Å². The van der Waals surface area contributed by atoms with Crippen LogP contribution in [0, 0.1) is 3.57 Å². The molecule has 1 aromatic rings. The van der Waals surface area contributed by atoms with Crippen molar-refractivity contribution < 1.29 is 19.4 Å². The number of aliphatic hydroxyl groups excluding tert-OH is 1. The van der Waals surface area contributed by atoms with Gasteiger partial charge in [0.25, 0.3) is 5.91 Å². The lowest BCUT2D eigenvalue weighted by molar-refractivity contribution is -0.136. The fourth-order valence-corrected chi connectivity index (χ4v) is 3.08. The standard InChI is InChI=1S/C14H14ClIN2O4/c1-22-14(21)9-7-18(4-5-19)13(20)12(9)17-11-3-2-8(15)6-10(11)16/h2-3,6,17,19H,4-5,7H2,1H3. The number of amides is 1. The Morgan fingerprint density at radius 3 is 2.86 bits per heavy atom. The maximum absolute atomic E-state index is 12.4. The zero-order chi connectivity index (χ0) is 16.3. The summed E-state index contributed by atoms with van der Waals surface area (Å²) in [4.78, 5) is 25.6. The number of hydrogen-bond acceptors (Lipinski definition) is 5. The topological polar surface area (TPSA) is 78.9 Å². The summed E-state index contributed by atoms with van der Waals surface area (Å²) in [6, 6.07) is 5.16. The molecule has 0 spiro atoms. The van der Waals surface area contributed by atoms with Crippen molar-refractivity contribution in [2.24, 2.45) is 0 Å². The number of methoxy groups -OCH3 is 1. The Hall–Kier alpha value is -1.32. The highest BCUT2D eigenvalue weighted by molar-refractivity contribution is 14.1. The summed E-state index contributed by atoms with van der Waals surface area (Å²) in [5.41, 5.74) is 1.08. The molecule has 2 rings (SSSR count). The third-order valence-electron chi connectivity index (χ3n) is 3.14. The molecule has 1 aromatic carbocycles. The molecule has 0 bridgehead atoms. The molecule has 1 amide bonds. The van der Waals surface area contributed by atoms with Gasteiger partial charge in [-0.05, 0) is 40.8 Å². The molecule has 0 fully saturated rings. The summed E-state index contributed by atoms with van der Waals surface area (Å²) in [7, 11) is 1.26. The van der Waals surface area contributed by atoms with E-state index in [1.165, 1.54) is 12.0 Å². The van der Waals surface area contributed by atoms with Gasteiger partial charge in [-0.15, -0.1) is 0 Å². The average molecular weight is 437 g/mol. The first-order valence-corrected chi connectivity index (χ1v) is 7.87. The largest absolute Gasteiger partial charge is 0.466 e. The second-order valence-corrected chi connectivity index (χ2v) is 6.14. The van der Waals surface area contributed by atoms with Crippen molar-refractivity contribution in [2.45, 2.75) is 0 Å². The van der Waals surface area contributed by atoms with Gasteiger partial charge in [-0.3, -0.25) is 4.79 Å². The van der Waals surface area contributed by atoms with Crippen LogP contribution in [0.3, 0.4) is 0 Å². The predicted octanol–water partition coefficient (Wildman–Crippen LogP) is 1.62. The van der Waals surface area contributed by atoms with Crippen LogP contribution >= 0.6 is 34.2 Å². The third-order valence-corrected chi connectivity index (χ3v) is 4.27. The summed E-state index contributed by atoms with van der Waals surface area (Å²) < 4.78 is 5.54. The lowest BCUT2D eigenvalue weighted by Crippen LogP contribution is -2.31. The van der Waals surface area contributed by atoms with E-state index in [-0.39, 0.29) is 36.9 Å². The number of carbonyl (C=O) groups is 2. The van der Waals surface area contributed by atoms with Gasteiger partial charge in [0.05, 0.1) is 31.5 Å². The van der Waals surface area contributed by atoms with Crippen LogP contribution in [0.15, 0.2) is 29.5 Å². The van der Waals surface area contributed by atoms with Crippen molar-refractivity contribution >= 4 is 51.8 Å². The number of β-amino-alcohol motifs (C(OH)–C–C–N with tert-alkyl or cyclic N) is 1. The molecule has 118 valence electrons. The average Bonchev–Trinajstić information content (AvgIpc) is 2.79. The number of rotatable bonds is 5. The molecule has 22 heavy (non-hydrogen) atoms. The molecule has 2 N–H and O–H groups in total. The number of aliphatic hydroxyl groups is 1. The molecule has 0 atom stereocenters. The van der Waals surface area contributed by atoms with Crippen molar-refractivity contribution in [3.8, 4) is 0 Å². The van der Waals surface area contributed by atoms with Gasteiger partial charge in [0.2, 0.25) is 0 Å². The minimum Gasteiger partial charge on any atom is -0.466 e. The molecule has 1 aliphatic rings. The number of hydrogen-bond donors (Lipinski definition) is 2. The van der Waals surface area contributed by atoms with Crippen LogP contribution in [0.4, 0.5) is 5.69 Å². The molecule has 8 heteroatoms. The Kier molecular flexibility index (Phi) is 5.65. The Bertz CT molecular complexity index is 648. The van der Waals surface area contributed by atoms with Crippen molar-refractivity contribution in [1.29, 1.82) is 0 Å². The second kappa shape index (κ2) is 7.30. The molecule has 0 saturated heterocycles. The first-order chi connectivity index (χ1) is 10.5. The lowest BCUT2D eigenvalue weighted by Gasteiger charge is -2.15. The van der Waals surface area contributed by atoms with E-state index in [9.17, 15) is 9.59 Å². The Morgan fingerprint density at radius 2 is 2.27 bits per heavy atom. The van der Waals surface area contributed by atoms with Crippen LogP contribution in [0.5, 0.6) is 0 Å². The van der Waals surface area contributed by atoms with Gasteiger partial charge in [0.15, 0.2) is 0 Å². The Labute approximate surface area is 146 Å². The van der Waals surface area contributed by atoms with Gasteiger partial charge in [-0.1, -0.05) is 11.6 Å². The fourth-order valence-electron chi connectivity index (χ4n) is 2.07. The van der Waals surface area contributed by atoms with Gasteiger partial charge >= 0.3 is 5.97 Å². The molecule has 0 saturated carbocycles. The van der Waals surface area contributed by atoms with Crippen molar-refractivity contribution in [3.63, 3.8) is 0 Å². The van der Waals surface area contributed by atoms with E-state index >= 15 is 0 Å². The smallest absolute Gasteiger partial charge is 0.337 e. The molecular weight excluding hydrogens is 423 g/mol. The highest BCUT2D eigenvalue weighted by atomic mass is 127. The maximum atomic E-state index is 12.4. The molecule has 6 nitrogen and oxygen atoms in total. The van der Waals surface area contributed by atoms with E-state index in [1.807, 2.05) is 0 Å². The fraction of sp³-hybridized carbons (Fsp3) is 0.286. The summed E-state index contributed by atoms with van der Waals surface area (Å²) >= 11 is 7.99. The van der Waals surface area contributed by atoms with Gasteiger partial charge in [0, 0.05) is 15.1 Å². The van der Waals surface area contributed by atoms with E-state index < -0.39 is 5.97 Å². The van der Waals surface area contributed by atoms with E-state index in [1.54, 1.807) is 18.2 Å². The number of esters is 1. The number of halogens is 2. The normalized spacial score (nSPS) is 14.5. The summed E-state index contributed by atoms with van der Waals surface area (Å²) in [6.45, 7) is 0.0900. The molecular formula is C14H14ClIN2O4. The van der Waals surface area contributed by atoms with Crippen LogP contribution in [0.25, 0.3) is 0 Å². The highest BCUT2D eigenvalue weighted by Crippen LogP contribution is 2.27.